The van der Waals surface area contributed by atoms with Crippen molar-refractivity contribution in [2.24, 2.45) is 7.05 Å². The van der Waals surface area contributed by atoms with E-state index in [1.807, 2.05) is 61.8 Å². The monoisotopic (exact) mass is 407 g/mol. The molecule has 3 aromatic heterocycles. The molecule has 2 aromatic carbocycles. The summed E-state index contributed by atoms with van der Waals surface area (Å²) in [6.07, 6.45) is 5.37. The molecule has 0 radical (unpaired) electrons. The molecule has 6 nitrogen and oxygen atoms in total. The smallest absolute Gasteiger partial charge is 0.133 e. The molecular formula is C25H21N5O. The zero-order valence-corrected chi connectivity index (χ0v) is 17.4. The average Bonchev–Trinajstić information content (AvgIpc) is 3.19. The minimum atomic E-state index is 0.366. The summed E-state index contributed by atoms with van der Waals surface area (Å²) in [5.74, 6) is 0.784. The van der Waals surface area contributed by atoms with Crippen molar-refractivity contribution in [1.29, 1.82) is 0 Å². The second kappa shape index (κ2) is 7.99. The Morgan fingerprint density at radius 3 is 2.58 bits per heavy atom. The summed E-state index contributed by atoms with van der Waals surface area (Å²) in [4.78, 5) is 4.85. The van der Waals surface area contributed by atoms with Crippen LogP contribution >= 0.6 is 0 Å². The van der Waals surface area contributed by atoms with Crippen LogP contribution in [0.3, 0.4) is 0 Å². The van der Waals surface area contributed by atoms with Gasteiger partial charge >= 0.3 is 0 Å². The fourth-order valence-corrected chi connectivity index (χ4v) is 3.71. The van der Waals surface area contributed by atoms with Crippen LogP contribution in [0.25, 0.3) is 33.3 Å². The molecule has 5 aromatic rings. The first-order valence-corrected chi connectivity index (χ1v) is 10.1. The predicted octanol–water partition coefficient (Wildman–Crippen LogP) is 4.98. The fourth-order valence-electron chi connectivity index (χ4n) is 3.71. The van der Waals surface area contributed by atoms with Crippen LogP contribution in [-0.2, 0) is 13.7 Å². The summed E-state index contributed by atoms with van der Waals surface area (Å²) >= 11 is 0. The van der Waals surface area contributed by atoms with E-state index in [4.69, 9.17) is 9.72 Å². The molecule has 31 heavy (non-hydrogen) atoms. The number of para-hydroxylation sites is 1. The lowest BCUT2D eigenvalue weighted by molar-refractivity contribution is 0.300. The number of ether oxygens (including phenoxy) is 1. The van der Waals surface area contributed by atoms with E-state index in [0.717, 1.165) is 50.3 Å². The SMILES string of the molecule is Cc1cc2ccccc2nc1-c1ccc(OCc2nn(C)cc2-c2ccnnc2)cc1. The summed E-state index contributed by atoms with van der Waals surface area (Å²) in [5, 5.41) is 13.5. The van der Waals surface area contributed by atoms with E-state index in [2.05, 4.69) is 34.4 Å². The maximum absolute atomic E-state index is 6.03. The normalized spacial score (nSPS) is 11.0. The molecule has 0 saturated heterocycles. The van der Waals surface area contributed by atoms with Gasteiger partial charge in [0.15, 0.2) is 0 Å². The van der Waals surface area contributed by atoms with Crippen molar-refractivity contribution in [2.45, 2.75) is 13.5 Å². The second-order valence-electron chi connectivity index (χ2n) is 7.45. The minimum absolute atomic E-state index is 0.366. The number of aromatic nitrogens is 5. The summed E-state index contributed by atoms with van der Waals surface area (Å²) < 4.78 is 7.81. The number of rotatable bonds is 5. The van der Waals surface area contributed by atoms with E-state index in [-0.39, 0.29) is 0 Å². The Labute approximate surface area is 180 Å². The third-order valence-corrected chi connectivity index (χ3v) is 5.22. The van der Waals surface area contributed by atoms with Crippen molar-refractivity contribution < 1.29 is 4.74 Å². The minimum Gasteiger partial charge on any atom is -0.487 e. The number of hydrogen-bond donors (Lipinski definition) is 0. The van der Waals surface area contributed by atoms with Gasteiger partial charge in [-0.25, -0.2) is 4.98 Å². The highest BCUT2D eigenvalue weighted by atomic mass is 16.5. The Balaban J connectivity index is 1.36. The summed E-state index contributed by atoms with van der Waals surface area (Å²) in [5.41, 5.74) is 7.01. The molecule has 0 amide bonds. The van der Waals surface area contributed by atoms with Crippen LogP contribution in [-0.4, -0.2) is 25.0 Å². The van der Waals surface area contributed by atoms with E-state index >= 15 is 0 Å². The highest BCUT2D eigenvalue weighted by Crippen LogP contribution is 2.28. The van der Waals surface area contributed by atoms with Crippen LogP contribution in [0.1, 0.15) is 11.3 Å². The van der Waals surface area contributed by atoms with Gasteiger partial charge < -0.3 is 4.74 Å². The van der Waals surface area contributed by atoms with Gasteiger partial charge in [0.1, 0.15) is 18.1 Å². The molecule has 6 heteroatoms. The Morgan fingerprint density at radius 1 is 0.935 bits per heavy atom. The first-order chi connectivity index (χ1) is 15.2. The van der Waals surface area contributed by atoms with Gasteiger partial charge in [0.05, 0.1) is 23.6 Å². The third kappa shape index (κ3) is 3.88. The maximum Gasteiger partial charge on any atom is 0.133 e. The molecule has 0 spiro atoms. The third-order valence-electron chi connectivity index (χ3n) is 5.22. The molecule has 0 aliphatic carbocycles. The van der Waals surface area contributed by atoms with Crippen molar-refractivity contribution in [3.8, 4) is 28.1 Å². The lowest BCUT2D eigenvalue weighted by Crippen LogP contribution is -1.99. The molecule has 0 bridgehead atoms. The number of hydrogen-bond acceptors (Lipinski definition) is 5. The molecule has 0 N–H and O–H groups in total. The molecule has 3 heterocycles. The fraction of sp³-hybridized carbons (Fsp3) is 0.120. The summed E-state index contributed by atoms with van der Waals surface area (Å²) in [6, 6.07) is 20.3. The van der Waals surface area contributed by atoms with Gasteiger partial charge in [0, 0.05) is 35.3 Å². The van der Waals surface area contributed by atoms with Crippen LogP contribution in [0.5, 0.6) is 5.75 Å². The quantitative estimate of drug-likeness (QED) is 0.411. The molecule has 5 rings (SSSR count). The van der Waals surface area contributed by atoms with Gasteiger partial charge in [0.2, 0.25) is 0 Å². The zero-order valence-electron chi connectivity index (χ0n) is 17.4. The number of pyridine rings is 1. The van der Waals surface area contributed by atoms with Crippen molar-refractivity contribution >= 4 is 10.9 Å². The topological polar surface area (TPSA) is 65.7 Å². The molecule has 0 fully saturated rings. The molecule has 0 aliphatic heterocycles. The Kier molecular flexibility index (Phi) is 4.88. The highest BCUT2D eigenvalue weighted by molar-refractivity contribution is 5.83. The first-order valence-electron chi connectivity index (χ1n) is 10.1. The Morgan fingerprint density at radius 2 is 1.77 bits per heavy atom. The van der Waals surface area contributed by atoms with Crippen molar-refractivity contribution in [3.63, 3.8) is 0 Å². The molecule has 152 valence electrons. The van der Waals surface area contributed by atoms with Crippen molar-refractivity contribution in [3.05, 3.63) is 90.5 Å². The van der Waals surface area contributed by atoms with Crippen molar-refractivity contribution in [2.75, 3.05) is 0 Å². The van der Waals surface area contributed by atoms with Crippen molar-refractivity contribution in [1.82, 2.24) is 25.0 Å². The van der Waals surface area contributed by atoms with Crippen LogP contribution < -0.4 is 4.74 Å². The summed E-state index contributed by atoms with van der Waals surface area (Å²) in [7, 11) is 1.90. The Hall–Kier alpha value is -4.06. The van der Waals surface area contributed by atoms with E-state index in [0.29, 0.717) is 6.61 Å². The zero-order chi connectivity index (χ0) is 21.2. The summed E-state index contributed by atoms with van der Waals surface area (Å²) in [6.45, 7) is 2.46. The number of benzene rings is 2. The van der Waals surface area contributed by atoms with E-state index in [1.54, 1.807) is 17.1 Å². The van der Waals surface area contributed by atoms with Gasteiger partial charge in [-0.15, -0.1) is 0 Å². The molecule has 0 unspecified atom stereocenters. The highest BCUT2D eigenvalue weighted by Gasteiger charge is 2.12. The number of fused-ring (bicyclic) bond motifs is 1. The van der Waals surface area contributed by atoms with E-state index in [1.165, 1.54) is 0 Å². The van der Waals surface area contributed by atoms with E-state index in [9.17, 15) is 0 Å². The maximum atomic E-state index is 6.03. The van der Waals surface area contributed by atoms with Crippen LogP contribution in [0, 0.1) is 6.92 Å². The molecule has 0 saturated carbocycles. The van der Waals surface area contributed by atoms with Gasteiger partial charge in [-0.2, -0.15) is 15.3 Å². The van der Waals surface area contributed by atoms with Crippen LogP contribution in [0.15, 0.2) is 79.3 Å². The van der Waals surface area contributed by atoms with Gasteiger partial charge in [-0.3, -0.25) is 4.68 Å². The van der Waals surface area contributed by atoms with Gasteiger partial charge in [-0.05, 0) is 55.0 Å². The second-order valence-corrected chi connectivity index (χ2v) is 7.45. The lowest BCUT2D eigenvalue weighted by atomic mass is 10.0. The first kappa shape index (κ1) is 18.9. The number of nitrogens with zero attached hydrogens (tertiary/aromatic N) is 5. The Bertz CT molecular complexity index is 1340. The molecular weight excluding hydrogens is 386 g/mol. The van der Waals surface area contributed by atoms with Crippen LogP contribution in [0.2, 0.25) is 0 Å². The molecule has 0 atom stereocenters. The van der Waals surface area contributed by atoms with Crippen LogP contribution in [0.4, 0.5) is 0 Å². The van der Waals surface area contributed by atoms with Gasteiger partial charge in [-0.1, -0.05) is 18.2 Å². The van der Waals surface area contributed by atoms with Gasteiger partial charge in [0.25, 0.3) is 0 Å². The standard InChI is InChI=1S/C25H21N5O/c1-17-13-19-5-3-4-6-23(19)28-25(17)18-7-9-21(10-8-18)31-16-24-22(15-30(2)29-24)20-11-12-26-27-14-20/h3-15H,16H2,1-2H3. The van der Waals surface area contributed by atoms with E-state index < -0.39 is 0 Å². The average molecular weight is 407 g/mol. The largest absolute Gasteiger partial charge is 0.487 e. The lowest BCUT2D eigenvalue weighted by Gasteiger charge is -2.10. The number of aryl methyl sites for hydroxylation is 2. The molecule has 0 aliphatic rings. The predicted molar refractivity (Wildman–Crippen MR) is 120 cm³/mol.